The van der Waals surface area contributed by atoms with Crippen molar-refractivity contribution >= 4 is 11.9 Å². The van der Waals surface area contributed by atoms with E-state index in [1.165, 1.54) is 18.2 Å². The lowest BCUT2D eigenvalue weighted by Gasteiger charge is -2.25. The molecule has 0 aromatic heterocycles. The van der Waals surface area contributed by atoms with Crippen LogP contribution in [0.2, 0.25) is 0 Å². The van der Waals surface area contributed by atoms with E-state index in [9.17, 15) is 14.7 Å². The number of rotatable bonds is 17. The van der Waals surface area contributed by atoms with Crippen LogP contribution in [0.5, 0.6) is 17.2 Å². The molecule has 2 aromatic carbocycles. The third kappa shape index (κ3) is 10.4. The Morgan fingerprint density at radius 1 is 0.973 bits per heavy atom. The van der Waals surface area contributed by atoms with Crippen LogP contribution in [0.3, 0.4) is 0 Å². The average Bonchev–Trinajstić information content (AvgIpc) is 2.89. The SMILES string of the molecule is C=CC(=O)OC(CCCCC)OC(CCCCC)Oc1ccc(C(=O)O)c(Oc2ccc(C#N)cc2)c1. The predicted molar refractivity (Wildman–Crippen MR) is 138 cm³/mol. The van der Waals surface area contributed by atoms with Gasteiger partial charge in [-0.25, -0.2) is 9.59 Å². The fourth-order valence-corrected chi connectivity index (χ4v) is 3.49. The minimum atomic E-state index is -1.15. The summed E-state index contributed by atoms with van der Waals surface area (Å²) in [5, 5.41) is 18.6. The molecule has 0 aliphatic heterocycles. The van der Waals surface area contributed by atoms with Crippen LogP contribution in [0.15, 0.2) is 55.1 Å². The average molecular weight is 510 g/mol. The van der Waals surface area contributed by atoms with E-state index >= 15 is 0 Å². The third-order valence-corrected chi connectivity index (χ3v) is 5.47. The summed E-state index contributed by atoms with van der Waals surface area (Å²) in [6, 6.07) is 12.8. The number of hydrogen-bond acceptors (Lipinski definition) is 7. The number of benzene rings is 2. The molecule has 2 rings (SSSR count). The minimum absolute atomic E-state index is 0.0440. The second-order valence-corrected chi connectivity index (χ2v) is 8.45. The summed E-state index contributed by atoms with van der Waals surface area (Å²) in [6.07, 6.45) is 6.27. The first-order valence-electron chi connectivity index (χ1n) is 12.6. The Hall–Kier alpha value is -3.83. The standard InChI is InChI=1S/C29H35NO7/c1-4-7-9-11-27(37-28(12-10-8-5-2)36-26(31)6-3)35-23-17-18-24(29(32)33)25(19-23)34-22-15-13-21(20-30)14-16-22/h6,13-19,27-28H,3-5,7-12H2,1-2H3,(H,32,33). The third-order valence-electron chi connectivity index (χ3n) is 5.47. The zero-order valence-electron chi connectivity index (χ0n) is 21.5. The summed E-state index contributed by atoms with van der Waals surface area (Å²) in [4.78, 5) is 23.6. The van der Waals surface area contributed by atoms with E-state index in [1.807, 2.05) is 6.07 Å². The number of nitriles is 1. The Morgan fingerprint density at radius 3 is 2.16 bits per heavy atom. The number of carbonyl (C=O) groups is 2. The van der Waals surface area contributed by atoms with Crippen LogP contribution in [0.25, 0.3) is 0 Å². The smallest absolute Gasteiger partial charge is 0.339 e. The molecule has 0 spiro atoms. The van der Waals surface area contributed by atoms with Crippen LogP contribution in [0.4, 0.5) is 0 Å². The van der Waals surface area contributed by atoms with Crippen molar-refractivity contribution in [2.45, 2.75) is 77.8 Å². The Balaban J connectivity index is 2.26. The van der Waals surface area contributed by atoms with Crippen LogP contribution >= 0.6 is 0 Å². The molecule has 1 N–H and O–H groups in total. The molecular formula is C29H35NO7. The van der Waals surface area contributed by atoms with Crippen molar-refractivity contribution in [3.8, 4) is 23.3 Å². The van der Waals surface area contributed by atoms with E-state index in [0.29, 0.717) is 29.9 Å². The lowest BCUT2D eigenvalue weighted by Crippen LogP contribution is -2.30. The molecule has 2 aromatic rings. The number of carboxylic acids is 1. The van der Waals surface area contributed by atoms with E-state index < -0.39 is 24.5 Å². The van der Waals surface area contributed by atoms with Crippen molar-refractivity contribution < 1.29 is 33.6 Å². The number of nitrogens with zero attached hydrogens (tertiary/aromatic N) is 1. The van der Waals surface area contributed by atoms with Gasteiger partial charge in [-0.2, -0.15) is 5.26 Å². The van der Waals surface area contributed by atoms with Gasteiger partial charge in [0.25, 0.3) is 0 Å². The number of aromatic carboxylic acids is 1. The van der Waals surface area contributed by atoms with Crippen molar-refractivity contribution in [3.63, 3.8) is 0 Å². The molecule has 0 radical (unpaired) electrons. The molecule has 0 amide bonds. The lowest BCUT2D eigenvalue weighted by atomic mass is 10.1. The van der Waals surface area contributed by atoms with E-state index in [1.54, 1.807) is 24.3 Å². The van der Waals surface area contributed by atoms with Crippen LogP contribution < -0.4 is 9.47 Å². The molecule has 0 aliphatic rings. The first-order valence-corrected chi connectivity index (χ1v) is 12.6. The highest BCUT2D eigenvalue weighted by Gasteiger charge is 2.22. The minimum Gasteiger partial charge on any atom is -0.478 e. The fraction of sp³-hybridized carbons (Fsp3) is 0.414. The number of carboxylic acid groups (broad SMARTS) is 1. The normalized spacial score (nSPS) is 12.1. The maximum absolute atomic E-state index is 11.9. The summed E-state index contributed by atoms with van der Waals surface area (Å²) in [6.45, 7) is 7.63. The number of esters is 1. The molecule has 37 heavy (non-hydrogen) atoms. The fourth-order valence-electron chi connectivity index (χ4n) is 3.49. The monoisotopic (exact) mass is 509 g/mol. The number of carbonyl (C=O) groups excluding carboxylic acids is 1. The number of unbranched alkanes of at least 4 members (excludes halogenated alkanes) is 4. The summed E-state index contributed by atoms with van der Waals surface area (Å²) >= 11 is 0. The molecule has 0 fully saturated rings. The first kappa shape index (κ1) is 29.4. The Bertz CT molecular complexity index is 1060. The van der Waals surface area contributed by atoms with E-state index in [4.69, 9.17) is 24.2 Å². The Morgan fingerprint density at radius 2 is 1.59 bits per heavy atom. The van der Waals surface area contributed by atoms with Gasteiger partial charge in [-0.05, 0) is 49.2 Å². The lowest BCUT2D eigenvalue weighted by molar-refractivity contribution is -0.219. The van der Waals surface area contributed by atoms with Gasteiger partial charge in [0, 0.05) is 25.0 Å². The molecule has 8 heteroatoms. The second kappa shape index (κ2) is 16.0. The predicted octanol–water partition coefficient (Wildman–Crippen LogP) is 6.99. The first-order chi connectivity index (χ1) is 17.9. The van der Waals surface area contributed by atoms with Crippen LogP contribution in [0, 0.1) is 11.3 Å². The van der Waals surface area contributed by atoms with E-state index in [-0.39, 0.29) is 11.3 Å². The summed E-state index contributed by atoms with van der Waals surface area (Å²) in [5.41, 5.74) is 0.415. The highest BCUT2D eigenvalue weighted by molar-refractivity contribution is 5.91. The second-order valence-electron chi connectivity index (χ2n) is 8.45. The molecule has 0 heterocycles. The summed E-state index contributed by atoms with van der Waals surface area (Å²) < 4.78 is 23.4. The molecule has 0 aliphatic carbocycles. The van der Waals surface area contributed by atoms with E-state index in [0.717, 1.165) is 44.6 Å². The van der Waals surface area contributed by atoms with Crippen molar-refractivity contribution in [1.29, 1.82) is 5.26 Å². The van der Waals surface area contributed by atoms with Gasteiger partial charge in [0.1, 0.15) is 22.8 Å². The largest absolute Gasteiger partial charge is 0.478 e. The van der Waals surface area contributed by atoms with Crippen molar-refractivity contribution in [1.82, 2.24) is 0 Å². The number of hydrogen-bond donors (Lipinski definition) is 1. The molecular weight excluding hydrogens is 474 g/mol. The zero-order chi connectivity index (χ0) is 27.0. The van der Waals surface area contributed by atoms with Crippen LogP contribution in [0.1, 0.15) is 81.1 Å². The highest BCUT2D eigenvalue weighted by Crippen LogP contribution is 2.31. The molecule has 2 unspecified atom stereocenters. The van der Waals surface area contributed by atoms with Gasteiger partial charge in [-0.3, -0.25) is 0 Å². The molecule has 0 saturated carbocycles. The summed E-state index contributed by atoms with van der Waals surface area (Å²) in [5.74, 6) is -0.921. The maximum Gasteiger partial charge on any atom is 0.339 e. The van der Waals surface area contributed by atoms with Crippen molar-refractivity contribution in [2.75, 3.05) is 0 Å². The van der Waals surface area contributed by atoms with Crippen molar-refractivity contribution in [2.24, 2.45) is 0 Å². The Kier molecular flexibility index (Phi) is 12.7. The summed E-state index contributed by atoms with van der Waals surface area (Å²) in [7, 11) is 0. The topological polar surface area (TPSA) is 115 Å². The van der Waals surface area contributed by atoms with Crippen LogP contribution in [-0.2, 0) is 14.3 Å². The van der Waals surface area contributed by atoms with Crippen molar-refractivity contribution in [3.05, 3.63) is 66.2 Å². The maximum atomic E-state index is 11.9. The van der Waals surface area contributed by atoms with Gasteiger partial charge in [0.2, 0.25) is 12.6 Å². The Labute approximate surface area is 218 Å². The van der Waals surface area contributed by atoms with Gasteiger partial charge < -0.3 is 24.1 Å². The van der Waals surface area contributed by atoms with Gasteiger partial charge >= 0.3 is 11.9 Å². The van der Waals surface area contributed by atoms with Gasteiger partial charge in [-0.15, -0.1) is 0 Å². The highest BCUT2D eigenvalue weighted by atomic mass is 16.8. The molecule has 0 saturated heterocycles. The molecule has 2 atom stereocenters. The van der Waals surface area contributed by atoms with Crippen LogP contribution in [-0.4, -0.2) is 29.6 Å². The molecule has 198 valence electrons. The molecule has 0 bridgehead atoms. The quantitative estimate of drug-likeness (QED) is 0.105. The van der Waals surface area contributed by atoms with Gasteiger partial charge in [0.15, 0.2) is 0 Å². The van der Waals surface area contributed by atoms with Gasteiger partial charge in [0.05, 0.1) is 11.6 Å². The van der Waals surface area contributed by atoms with Gasteiger partial charge in [-0.1, -0.05) is 46.1 Å². The zero-order valence-corrected chi connectivity index (χ0v) is 21.5. The van der Waals surface area contributed by atoms with E-state index in [2.05, 4.69) is 20.4 Å². The molecule has 8 nitrogen and oxygen atoms in total. The number of ether oxygens (including phenoxy) is 4.